The van der Waals surface area contributed by atoms with Crippen LogP contribution in [-0.2, 0) is 26.1 Å². The largest absolute Gasteiger partial charge is 0.465 e. The first-order valence-corrected chi connectivity index (χ1v) is 12.3. The van der Waals surface area contributed by atoms with Crippen LogP contribution < -0.4 is 0 Å². The van der Waals surface area contributed by atoms with Crippen molar-refractivity contribution < 1.29 is 9.90 Å². The molecule has 0 atom stereocenters. The van der Waals surface area contributed by atoms with Gasteiger partial charge in [0.25, 0.3) is 0 Å². The van der Waals surface area contributed by atoms with Crippen LogP contribution >= 0.6 is 0 Å². The van der Waals surface area contributed by atoms with E-state index in [1.807, 2.05) is 87.6 Å². The lowest BCUT2D eigenvalue weighted by Crippen LogP contribution is -2.45. The summed E-state index contributed by atoms with van der Waals surface area (Å²) in [5, 5.41) is 18.2. The van der Waals surface area contributed by atoms with Gasteiger partial charge in [-0.3, -0.25) is 14.9 Å². The molecule has 3 aromatic heterocycles. The maximum atomic E-state index is 11.6. The first-order valence-electron chi connectivity index (χ1n) is 12.3. The van der Waals surface area contributed by atoms with Gasteiger partial charge in [0.05, 0.1) is 29.0 Å². The number of carboxylic acid groups (broad SMARTS) is 1. The highest BCUT2D eigenvalue weighted by atomic mass is 16.4. The second-order valence-electron chi connectivity index (χ2n) is 9.96. The average Bonchev–Trinajstić information content (AvgIpc) is 3.33. The minimum absolute atomic E-state index is 0.439. The maximum Gasteiger partial charge on any atom is 0.407 e. The third-order valence-corrected chi connectivity index (χ3v) is 6.02. The molecule has 0 unspecified atom stereocenters. The molecule has 9 heteroatoms. The molecule has 0 radical (unpaired) electrons. The van der Waals surface area contributed by atoms with Crippen molar-refractivity contribution in [3.8, 4) is 5.69 Å². The van der Waals surface area contributed by atoms with E-state index < -0.39 is 11.6 Å². The number of nitrogens with zero attached hydrogens (tertiary/aromatic N) is 7. The molecule has 0 fully saturated rings. The number of pyridine rings is 2. The van der Waals surface area contributed by atoms with Crippen LogP contribution in [0.5, 0.6) is 0 Å². The van der Waals surface area contributed by atoms with E-state index in [2.05, 4.69) is 25.2 Å². The lowest BCUT2D eigenvalue weighted by atomic mass is 10.0. The number of amides is 1. The molecule has 0 saturated carbocycles. The number of aromatic nitrogens is 5. The molecule has 37 heavy (non-hydrogen) atoms. The molecular weight excluding hydrogens is 466 g/mol. The van der Waals surface area contributed by atoms with Crippen LogP contribution in [0.2, 0.25) is 0 Å². The minimum Gasteiger partial charge on any atom is -0.465 e. The van der Waals surface area contributed by atoms with Crippen LogP contribution in [0.4, 0.5) is 4.79 Å². The molecule has 0 bridgehead atoms. The molecule has 3 heterocycles. The molecule has 0 aliphatic carbocycles. The molecule has 4 aromatic rings. The van der Waals surface area contributed by atoms with Crippen molar-refractivity contribution >= 4 is 6.09 Å². The third kappa shape index (κ3) is 7.44. The maximum absolute atomic E-state index is 11.6. The molecule has 1 N–H and O–H groups in total. The Balaban J connectivity index is 1.42. The molecule has 1 amide bonds. The smallest absolute Gasteiger partial charge is 0.407 e. The van der Waals surface area contributed by atoms with Gasteiger partial charge in [0.15, 0.2) is 0 Å². The van der Waals surface area contributed by atoms with E-state index in [0.29, 0.717) is 32.6 Å². The van der Waals surface area contributed by atoms with Crippen LogP contribution in [0, 0.1) is 0 Å². The summed E-state index contributed by atoms with van der Waals surface area (Å²) >= 11 is 0. The van der Waals surface area contributed by atoms with Crippen molar-refractivity contribution in [1.82, 2.24) is 34.8 Å². The summed E-state index contributed by atoms with van der Waals surface area (Å²) in [4.78, 5) is 24.2. The topological polar surface area (TPSA) is 100 Å². The Hall–Kier alpha value is -4.11. The van der Waals surface area contributed by atoms with Gasteiger partial charge in [-0.2, -0.15) is 0 Å². The van der Waals surface area contributed by atoms with E-state index >= 15 is 0 Å². The Morgan fingerprint density at radius 1 is 0.865 bits per heavy atom. The predicted octanol–water partition coefficient (Wildman–Crippen LogP) is 4.58. The highest BCUT2D eigenvalue weighted by molar-refractivity contribution is 5.66. The van der Waals surface area contributed by atoms with Crippen molar-refractivity contribution in [2.24, 2.45) is 0 Å². The highest BCUT2D eigenvalue weighted by Crippen LogP contribution is 2.17. The molecule has 0 spiro atoms. The summed E-state index contributed by atoms with van der Waals surface area (Å²) < 4.78 is 1.76. The molecule has 4 rings (SSSR count). The number of hydrogen-bond acceptors (Lipinski definition) is 6. The minimum atomic E-state index is -0.903. The Morgan fingerprint density at radius 2 is 1.46 bits per heavy atom. The summed E-state index contributed by atoms with van der Waals surface area (Å²) in [6.45, 7) is 8.08. The van der Waals surface area contributed by atoms with Crippen LogP contribution in [0.1, 0.15) is 43.4 Å². The van der Waals surface area contributed by atoms with E-state index in [9.17, 15) is 9.90 Å². The van der Waals surface area contributed by atoms with E-state index in [-0.39, 0.29) is 0 Å². The van der Waals surface area contributed by atoms with Gasteiger partial charge >= 0.3 is 6.09 Å². The van der Waals surface area contributed by atoms with Crippen LogP contribution in [0.3, 0.4) is 0 Å². The SMILES string of the molecule is CC(C)(C)N(CCc1ccc(-n2cc(CN(Cc3ccccn3)Cc3ccccn3)nn2)cc1)C(=O)O. The summed E-state index contributed by atoms with van der Waals surface area (Å²) in [7, 11) is 0. The van der Waals surface area contributed by atoms with Gasteiger partial charge in [0.2, 0.25) is 0 Å². The quantitative estimate of drug-likeness (QED) is 0.341. The Morgan fingerprint density at radius 3 is 1.97 bits per heavy atom. The van der Waals surface area contributed by atoms with Gasteiger partial charge in [0, 0.05) is 44.1 Å². The van der Waals surface area contributed by atoms with Crippen LogP contribution in [0.15, 0.2) is 79.3 Å². The first kappa shape index (κ1) is 26.0. The Bertz CT molecular complexity index is 1230. The van der Waals surface area contributed by atoms with Gasteiger partial charge in [-0.1, -0.05) is 29.5 Å². The number of hydrogen-bond donors (Lipinski definition) is 1. The van der Waals surface area contributed by atoms with E-state index in [1.54, 1.807) is 17.1 Å². The highest BCUT2D eigenvalue weighted by Gasteiger charge is 2.25. The Labute approximate surface area is 217 Å². The monoisotopic (exact) mass is 499 g/mol. The predicted molar refractivity (Wildman–Crippen MR) is 141 cm³/mol. The van der Waals surface area contributed by atoms with E-state index in [4.69, 9.17) is 0 Å². The fourth-order valence-corrected chi connectivity index (χ4v) is 4.11. The number of rotatable bonds is 10. The van der Waals surface area contributed by atoms with E-state index in [1.165, 1.54) is 4.90 Å². The van der Waals surface area contributed by atoms with Gasteiger partial charge < -0.3 is 10.0 Å². The number of benzene rings is 1. The van der Waals surface area contributed by atoms with Crippen molar-refractivity contribution in [2.45, 2.75) is 52.4 Å². The van der Waals surface area contributed by atoms with Gasteiger partial charge in [-0.15, -0.1) is 5.10 Å². The molecular formula is C28H33N7O2. The van der Waals surface area contributed by atoms with Crippen molar-refractivity contribution in [3.05, 3.63) is 102 Å². The molecule has 192 valence electrons. The van der Waals surface area contributed by atoms with Gasteiger partial charge in [-0.25, -0.2) is 9.48 Å². The lowest BCUT2D eigenvalue weighted by Gasteiger charge is -2.33. The van der Waals surface area contributed by atoms with E-state index in [0.717, 1.165) is 28.3 Å². The van der Waals surface area contributed by atoms with Crippen molar-refractivity contribution in [3.63, 3.8) is 0 Å². The molecule has 9 nitrogen and oxygen atoms in total. The molecule has 1 aromatic carbocycles. The standard InChI is InChI=1S/C28H33N7O2/c1-28(2,3)34(27(36)37)17-14-22-10-12-26(13-11-22)35-21-25(31-32-35)20-33(18-23-8-4-6-15-29-23)19-24-9-5-7-16-30-24/h4-13,15-16,21H,14,17-20H2,1-3H3,(H,36,37). The summed E-state index contributed by atoms with van der Waals surface area (Å²) in [5.74, 6) is 0. The second-order valence-corrected chi connectivity index (χ2v) is 9.96. The fraction of sp³-hybridized carbons (Fsp3) is 0.321. The Kier molecular flexibility index (Phi) is 8.25. The zero-order chi connectivity index (χ0) is 26.3. The van der Waals surface area contributed by atoms with Crippen molar-refractivity contribution in [1.29, 1.82) is 0 Å². The van der Waals surface area contributed by atoms with Crippen molar-refractivity contribution in [2.75, 3.05) is 6.54 Å². The average molecular weight is 500 g/mol. The molecule has 0 aliphatic rings. The van der Waals surface area contributed by atoms with Crippen LogP contribution in [-0.4, -0.2) is 58.0 Å². The molecule has 0 aliphatic heterocycles. The summed E-state index contributed by atoms with van der Waals surface area (Å²) in [6, 6.07) is 19.8. The fourth-order valence-electron chi connectivity index (χ4n) is 4.11. The first-order chi connectivity index (χ1) is 17.8. The van der Waals surface area contributed by atoms with Gasteiger partial charge in [0.1, 0.15) is 0 Å². The number of carbonyl (C=O) groups is 1. The summed E-state index contributed by atoms with van der Waals surface area (Å²) in [6.07, 6.45) is 5.28. The van der Waals surface area contributed by atoms with Crippen LogP contribution in [0.25, 0.3) is 5.69 Å². The zero-order valence-corrected chi connectivity index (χ0v) is 21.5. The normalized spacial score (nSPS) is 11.6. The molecule has 0 saturated heterocycles. The lowest BCUT2D eigenvalue weighted by molar-refractivity contribution is 0.101. The summed E-state index contributed by atoms with van der Waals surface area (Å²) in [5.41, 5.74) is 4.33. The second kappa shape index (κ2) is 11.7. The van der Waals surface area contributed by atoms with Gasteiger partial charge in [-0.05, 0) is 69.2 Å². The third-order valence-electron chi connectivity index (χ3n) is 6.02. The zero-order valence-electron chi connectivity index (χ0n) is 21.5.